The molecule has 3 N–H and O–H groups in total. The van der Waals surface area contributed by atoms with Crippen LogP contribution >= 0.6 is 0 Å². The van der Waals surface area contributed by atoms with Crippen LogP contribution in [0.2, 0.25) is 0 Å². The lowest BCUT2D eigenvalue weighted by Gasteiger charge is -2.25. The molecule has 0 radical (unpaired) electrons. The second-order valence-corrected chi connectivity index (χ2v) is 7.00. The van der Waals surface area contributed by atoms with Crippen molar-refractivity contribution in [2.75, 3.05) is 6.54 Å². The molecule has 0 bridgehead atoms. The fourth-order valence-corrected chi connectivity index (χ4v) is 3.41. The van der Waals surface area contributed by atoms with Gasteiger partial charge in [-0.3, -0.25) is 30.1 Å². The molecule has 0 unspecified atom stereocenters. The number of hydrogen-bond donors (Lipinski definition) is 3. The fraction of sp³-hybridized carbons (Fsp3) is 0.273. The van der Waals surface area contributed by atoms with E-state index in [1.807, 2.05) is 25.1 Å². The summed E-state index contributed by atoms with van der Waals surface area (Å²) in [5.41, 5.74) is 5.47. The summed E-state index contributed by atoms with van der Waals surface area (Å²) in [5, 5.41) is 2.71. The molecule has 8 nitrogen and oxygen atoms in total. The Kier molecular flexibility index (Phi) is 6.15. The third kappa shape index (κ3) is 4.03. The quantitative estimate of drug-likeness (QED) is 0.501. The molecule has 1 aliphatic heterocycles. The zero-order chi connectivity index (χ0) is 21.7. The average molecular weight is 408 g/mol. The minimum Gasteiger partial charge on any atom is -0.319 e. The zero-order valence-corrected chi connectivity index (χ0v) is 16.9. The van der Waals surface area contributed by atoms with Gasteiger partial charge >= 0.3 is 6.03 Å². The minimum atomic E-state index is -1.21. The Bertz CT molecular complexity index is 959. The highest BCUT2D eigenvalue weighted by Gasteiger charge is 2.51. The normalized spacial score (nSPS) is 18.1. The van der Waals surface area contributed by atoms with Gasteiger partial charge in [0.05, 0.1) is 0 Å². The summed E-state index contributed by atoms with van der Waals surface area (Å²) in [6.45, 7) is 3.29. The number of carbonyl (C=O) groups excluding carboxylic acids is 4. The van der Waals surface area contributed by atoms with Crippen LogP contribution in [-0.2, 0) is 21.5 Å². The molecule has 1 saturated heterocycles. The second kappa shape index (κ2) is 8.77. The van der Waals surface area contributed by atoms with Gasteiger partial charge in [-0.25, -0.2) is 4.79 Å². The van der Waals surface area contributed by atoms with Crippen molar-refractivity contribution < 1.29 is 19.2 Å². The first-order valence-corrected chi connectivity index (χ1v) is 9.79. The van der Waals surface area contributed by atoms with E-state index < -0.39 is 35.8 Å². The molecular formula is C22H24N4O4. The summed E-state index contributed by atoms with van der Waals surface area (Å²) in [4.78, 5) is 50.7. The molecule has 156 valence electrons. The highest BCUT2D eigenvalue weighted by molar-refractivity contribution is 6.09. The first-order valence-electron chi connectivity index (χ1n) is 9.79. The highest BCUT2D eigenvalue weighted by atomic mass is 16.2. The van der Waals surface area contributed by atoms with E-state index >= 15 is 0 Å². The monoisotopic (exact) mass is 408 g/mol. The molecule has 1 atom stereocenters. The fourth-order valence-electron chi connectivity index (χ4n) is 3.41. The summed E-state index contributed by atoms with van der Waals surface area (Å²) in [5.74, 6) is -1.68. The Morgan fingerprint density at radius 1 is 0.967 bits per heavy atom. The maximum Gasteiger partial charge on any atom is 0.325 e. The number of rotatable bonds is 6. The van der Waals surface area contributed by atoms with E-state index in [2.05, 4.69) is 16.2 Å². The minimum absolute atomic E-state index is 0.337. The summed E-state index contributed by atoms with van der Waals surface area (Å²) in [6, 6.07) is 15.2. The van der Waals surface area contributed by atoms with Crippen LogP contribution in [0.3, 0.4) is 0 Å². The van der Waals surface area contributed by atoms with Crippen molar-refractivity contribution in [3.8, 4) is 0 Å². The number of amides is 5. The van der Waals surface area contributed by atoms with Gasteiger partial charge in [0, 0.05) is 5.56 Å². The molecular weight excluding hydrogens is 384 g/mol. The lowest BCUT2D eigenvalue weighted by molar-refractivity contribution is -0.135. The molecule has 8 heteroatoms. The highest BCUT2D eigenvalue weighted by Crippen LogP contribution is 2.32. The largest absolute Gasteiger partial charge is 0.325 e. The molecule has 0 aromatic heterocycles. The molecule has 0 saturated carbocycles. The summed E-state index contributed by atoms with van der Waals surface area (Å²) < 4.78 is 0. The van der Waals surface area contributed by atoms with Crippen LogP contribution in [-0.4, -0.2) is 35.2 Å². The lowest BCUT2D eigenvalue weighted by Crippen LogP contribution is -2.48. The van der Waals surface area contributed by atoms with Crippen LogP contribution in [0.4, 0.5) is 4.79 Å². The number of carbonyl (C=O) groups is 4. The van der Waals surface area contributed by atoms with Crippen LogP contribution in [0.5, 0.6) is 0 Å². The van der Waals surface area contributed by atoms with E-state index in [-0.39, 0.29) is 0 Å². The Balaban J connectivity index is 1.63. The molecule has 30 heavy (non-hydrogen) atoms. The van der Waals surface area contributed by atoms with E-state index in [1.54, 1.807) is 43.3 Å². The number of benzene rings is 2. The number of nitrogens with one attached hydrogen (secondary N) is 3. The molecule has 2 aromatic rings. The van der Waals surface area contributed by atoms with Crippen molar-refractivity contribution in [3.05, 3.63) is 71.3 Å². The van der Waals surface area contributed by atoms with E-state index in [4.69, 9.17) is 0 Å². The smallest absolute Gasteiger partial charge is 0.319 e. The number of hydrazine groups is 1. The second-order valence-electron chi connectivity index (χ2n) is 7.00. The first kappa shape index (κ1) is 21.0. The number of nitrogens with zero attached hydrogens (tertiary/aromatic N) is 1. The first-order chi connectivity index (χ1) is 14.4. The van der Waals surface area contributed by atoms with Crippen LogP contribution in [0.1, 0.15) is 41.8 Å². The predicted octanol–water partition coefficient (Wildman–Crippen LogP) is 1.87. The number of aryl methyl sites for hydroxylation is 1. The molecule has 1 aliphatic rings. The molecule has 3 rings (SSSR count). The number of urea groups is 1. The lowest BCUT2D eigenvalue weighted by atomic mass is 9.87. The third-order valence-electron chi connectivity index (χ3n) is 5.21. The molecule has 1 heterocycles. The Morgan fingerprint density at radius 2 is 1.63 bits per heavy atom. The SMILES string of the molecule is CCc1ccc(C(=O)NNC(=O)CN2C(=O)N[C@@](CC)(c3ccccc3)C2=O)cc1. The van der Waals surface area contributed by atoms with Crippen molar-refractivity contribution in [1.82, 2.24) is 21.1 Å². The van der Waals surface area contributed by atoms with Gasteiger partial charge in [0.1, 0.15) is 12.1 Å². The van der Waals surface area contributed by atoms with Gasteiger partial charge in [-0.1, -0.05) is 56.3 Å². The zero-order valence-electron chi connectivity index (χ0n) is 16.9. The maximum atomic E-state index is 13.0. The number of imide groups is 1. The van der Waals surface area contributed by atoms with E-state index in [0.717, 1.165) is 16.9 Å². The third-order valence-corrected chi connectivity index (χ3v) is 5.21. The van der Waals surface area contributed by atoms with Crippen LogP contribution in [0.15, 0.2) is 54.6 Å². The van der Waals surface area contributed by atoms with Gasteiger partial charge in [-0.2, -0.15) is 0 Å². The van der Waals surface area contributed by atoms with Crippen LogP contribution < -0.4 is 16.2 Å². The van der Waals surface area contributed by atoms with Gasteiger partial charge in [0.2, 0.25) is 0 Å². The van der Waals surface area contributed by atoms with Gasteiger partial charge in [0.15, 0.2) is 0 Å². The molecule has 0 spiro atoms. The predicted molar refractivity (Wildman–Crippen MR) is 110 cm³/mol. The Hall–Kier alpha value is -3.68. The van der Waals surface area contributed by atoms with Crippen molar-refractivity contribution in [3.63, 3.8) is 0 Å². The van der Waals surface area contributed by atoms with Crippen molar-refractivity contribution in [2.45, 2.75) is 32.2 Å². The Labute approximate surface area is 174 Å². The van der Waals surface area contributed by atoms with Crippen molar-refractivity contribution in [2.24, 2.45) is 0 Å². The average Bonchev–Trinajstić information content (AvgIpc) is 3.03. The van der Waals surface area contributed by atoms with E-state index in [0.29, 0.717) is 17.5 Å². The summed E-state index contributed by atoms with van der Waals surface area (Å²) in [7, 11) is 0. The molecule has 1 fully saturated rings. The van der Waals surface area contributed by atoms with Gasteiger partial charge in [0.25, 0.3) is 17.7 Å². The van der Waals surface area contributed by atoms with Crippen LogP contribution in [0, 0.1) is 0 Å². The topological polar surface area (TPSA) is 108 Å². The van der Waals surface area contributed by atoms with Gasteiger partial charge in [-0.05, 0) is 36.1 Å². The Morgan fingerprint density at radius 3 is 2.23 bits per heavy atom. The van der Waals surface area contributed by atoms with Gasteiger partial charge < -0.3 is 5.32 Å². The summed E-state index contributed by atoms with van der Waals surface area (Å²) >= 11 is 0. The van der Waals surface area contributed by atoms with Gasteiger partial charge in [-0.15, -0.1) is 0 Å². The van der Waals surface area contributed by atoms with E-state index in [1.165, 1.54) is 0 Å². The molecule has 0 aliphatic carbocycles. The molecule has 5 amide bonds. The standard InChI is InChI=1S/C22H24N4O4/c1-3-15-10-12-16(13-11-15)19(28)25-24-18(27)14-26-20(29)22(4-2,23-21(26)30)17-8-6-5-7-9-17/h5-13H,3-4,14H2,1-2H3,(H,23,30)(H,24,27)(H,25,28)/t22-/m0/s1. The summed E-state index contributed by atoms with van der Waals surface area (Å²) in [6.07, 6.45) is 1.19. The van der Waals surface area contributed by atoms with Crippen LogP contribution in [0.25, 0.3) is 0 Å². The van der Waals surface area contributed by atoms with Crippen molar-refractivity contribution in [1.29, 1.82) is 0 Å². The van der Waals surface area contributed by atoms with E-state index in [9.17, 15) is 19.2 Å². The van der Waals surface area contributed by atoms with Crippen molar-refractivity contribution >= 4 is 23.8 Å². The molecule has 2 aromatic carbocycles. The number of hydrogen-bond acceptors (Lipinski definition) is 4. The maximum absolute atomic E-state index is 13.0.